The number of carbonyl (C=O) groups excluding carboxylic acids is 1. The van der Waals surface area contributed by atoms with E-state index in [0.717, 1.165) is 11.3 Å². The van der Waals surface area contributed by atoms with Gasteiger partial charge in [-0.1, -0.05) is 30.9 Å². The molecule has 3 N–H and O–H groups in total. The van der Waals surface area contributed by atoms with Gasteiger partial charge in [-0.05, 0) is 18.6 Å². The number of hydrogen-bond donors (Lipinski definition) is 2. The predicted octanol–water partition coefficient (Wildman–Crippen LogP) is 1.54. The van der Waals surface area contributed by atoms with E-state index >= 15 is 0 Å². The summed E-state index contributed by atoms with van der Waals surface area (Å²) in [6, 6.07) is 7.40. The van der Waals surface area contributed by atoms with E-state index in [2.05, 4.69) is 22.3 Å². The minimum absolute atomic E-state index is 0.179. The Balaban J connectivity index is 2.27. The monoisotopic (exact) mass is 282 g/mol. The Hall–Kier alpha value is -2.58. The largest absolute Gasteiger partial charge is 0.321 e. The van der Waals surface area contributed by atoms with E-state index in [0.29, 0.717) is 17.7 Å². The van der Waals surface area contributed by atoms with Gasteiger partial charge >= 0.3 is 0 Å². The Morgan fingerprint density at radius 1 is 1.43 bits per heavy atom. The van der Waals surface area contributed by atoms with Crippen LogP contribution in [0.1, 0.15) is 28.5 Å². The van der Waals surface area contributed by atoms with Gasteiger partial charge in [-0.2, -0.15) is 5.10 Å². The van der Waals surface area contributed by atoms with Crippen molar-refractivity contribution in [1.29, 1.82) is 0 Å². The fourth-order valence-corrected chi connectivity index (χ4v) is 2.02. The summed E-state index contributed by atoms with van der Waals surface area (Å²) in [6.07, 6.45) is 2.43. The first-order valence-corrected chi connectivity index (χ1v) is 6.77. The van der Waals surface area contributed by atoms with Crippen molar-refractivity contribution in [2.45, 2.75) is 13.3 Å². The molecule has 0 aliphatic heterocycles. The van der Waals surface area contributed by atoms with Crippen LogP contribution in [0.25, 0.3) is 0 Å². The van der Waals surface area contributed by atoms with Crippen LogP contribution >= 0.6 is 0 Å². The molecule has 0 saturated heterocycles. The number of nitrogens with one attached hydrogen (secondary N) is 1. The van der Waals surface area contributed by atoms with E-state index in [9.17, 15) is 4.79 Å². The molecule has 1 amide bonds. The minimum Gasteiger partial charge on any atom is -0.321 e. The Labute approximate surface area is 124 Å². The maximum Gasteiger partial charge on any atom is 0.259 e. The van der Waals surface area contributed by atoms with Crippen LogP contribution in [0.3, 0.4) is 0 Å². The molecule has 0 spiro atoms. The summed E-state index contributed by atoms with van der Waals surface area (Å²) < 4.78 is 1.65. The molecular formula is C16H18N4O. The zero-order valence-electron chi connectivity index (χ0n) is 12.2. The van der Waals surface area contributed by atoms with E-state index in [-0.39, 0.29) is 12.5 Å². The molecule has 0 aliphatic carbocycles. The number of aromatic nitrogens is 2. The summed E-state index contributed by atoms with van der Waals surface area (Å²) in [5.41, 5.74) is 8.17. The molecule has 1 aromatic carbocycles. The van der Waals surface area contributed by atoms with Crippen molar-refractivity contribution >= 4 is 11.6 Å². The van der Waals surface area contributed by atoms with Gasteiger partial charge in [0, 0.05) is 18.8 Å². The second-order valence-corrected chi connectivity index (χ2v) is 4.52. The molecule has 1 aromatic heterocycles. The average Bonchev–Trinajstić information content (AvgIpc) is 2.87. The summed E-state index contributed by atoms with van der Waals surface area (Å²) in [5.74, 6) is 5.57. The van der Waals surface area contributed by atoms with Crippen LogP contribution in [0, 0.1) is 11.8 Å². The maximum absolute atomic E-state index is 12.4. The SMILES string of the molecule is CCc1nn(C)cc1C(=O)Nc1ccccc1C#CCN. The van der Waals surface area contributed by atoms with Crippen LogP contribution in [0.2, 0.25) is 0 Å². The van der Waals surface area contributed by atoms with Gasteiger partial charge in [0.05, 0.1) is 23.5 Å². The Bertz CT molecular complexity index is 707. The van der Waals surface area contributed by atoms with E-state index in [1.807, 2.05) is 31.2 Å². The molecule has 1 heterocycles. The second-order valence-electron chi connectivity index (χ2n) is 4.52. The highest BCUT2D eigenvalue weighted by atomic mass is 16.1. The predicted molar refractivity (Wildman–Crippen MR) is 82.9 cm³/mol. The highest BCUT2D eigenvalue weighted by molar-refractivity contribution is 6.05. The molecule has 2 rings (SSSR count). The van der Waals surface area contributed by atoms with Crippen LogP contribution in [0.15, 0.2) is 30.5 Å². The van der Waals surface area contributed by atoms with Gasteiger partial charge in [0.2, 0.25) is 0 Å². The van der Waals surface area contributed by atoms with Gasteiger partial charge in [0.15, 0.2) is 0 Å². The van der Waals surface area contributed by atoms with Gasteiger partial charge in [0.1, 0.15) is 0 Å². The van der Waals surface area contributed by atoms with E-state index in [1.165, 1.54) is 0 Å². The van der Waals surface area contributed by atoms with E-state index < -0.39 is 0 Å². The van der Waals surface area contributed by atoms with Crippen LogP contribution in [0.5, 0.6) is 0 Å². The molecule has 108 valence electrons. The molecular weight excluding hydrogens is 264 g/mol. The molecule has 0 radical (unpaired) electrons. The van der Waals surface area contributed by atoms with E-state index in [4.69, 9.17) is 5.73 Å². The Morgan fingerprint density at radius 3 is 2.90 bits per heavy atom. The number of aryl methyl sites for hydroxylation is 2. The minimum atomic E-state index is -0.179. The molecule has 5 heteroatoms. The number of benzene rings is 1. The maximum atomic E-state index is 12.4. The number of carbonyl (C=O) groups is 1. The number of nitrogens with zero attached hydrogens (tertiary/aromatic N) is 2. The zero-order chi connectivity index (χ0) is 15.2. The number of hydrogen-bond acceptors (Lipinski definition) is 3. The molecule has 0 atom stereocenters. The first-order chi connectivity index (χ1) is 10.2. The van der Waals surface area contributed by atoms with Crippen molar-refractivity contribution in [2.75, 3.05) is 11.9 Å². The van der Waals surface area contributed by atoms with Gasteiger partial charge in [-0.3, -0.25) is 9.48 Å². The van der Waals surface area contributed by atoms with Crippen molar-refractivity contribution in [3.05, 3.63) is 47.3 Å². The quantitative estimate of drug-likeness (QED) is 0.839. The molecule has 5 nitrogen and oxygen atoms in total. The summed E-state index contributed by atoms with van der Waals surface area (Å²) in [7, 11) is 1.80. The molecule has 0 bridgehead atoms. The summed E-state index contributed by atoms with van der Waals surface area (Å²) in [6.45, 7) is 2.25. The highest BCUT2D eigenvalue weighted by Gasteiger charge is 2.15. The number of anilines is 1. The van der Waals surface area contributed by atoms with Gasteiger partial charge in [0.25, 0.3) is 5.91 Å². The fraction of sp³-hybridized carbons (Fsp3) is 0.250. The molecule has 0 saturated carbocycles. The lowest BCUT2D eigenvalue weighted by Gasteiger charge is -2.07. The van der Waals surface area contributed by atoms with Gasteiger partial charge < -0.3 is 11.1 Å². The summed E-state index contributed by atoms with van der Waals surface area (Å²) in [4.78, 5) is 12.4. The van der Waals surface area contributed by atoms with Crippen molar-refractivity contribution in [3.63, 3.8) is 0 Å². The number of rotatable bonds is 3. The molecule has 0 fully saturated rings. The zero-order valence-corrected chi connectivity index (χ0v) is 12.2. The van der Waals surface area contributed by atoms with Crippen LogP contribution in [-0.4, -0.2) is 22.2 Å². The van der Waals surface area contributed by atoms with Gasteiger partial charge in [-0.15, -0.1) is 0 Å². The normalized spacial score (nSPS) is 9.86. The average molecular weight is 282 g/mol. The first kappa shape index (κ1) is 14.8. The highest BCUT2D eigenvalue weighted by Crippen LogP contribution is 2.16. The Morgan fingerprint density at radius 2 is 2.19 bits per heavy atom. The summed E-state index contributed by atoms with van der Waals surface area (Å²) in [5, 5.41) is 7.16. The lowest BCUT2D eigenvalue weighted by molar-refractivity contribution is 0.102. The number of amides is 1. The van der Waals surface area contributed by atoms with E-state index in [1.54, 1.807) is 17.9 Å². The topological polar surface area (TPSA) is 72.9 Å². The van der Waals surface area contributed by atoms with Crippen molar-refractivity contribution in [2.24, 2.45) is 12.8 Å². The van der Waals surface area contributed by atoms with Crippen molar-refractivity contribution in [3.8, 4) is 11.8 Å². The van der Waals surface area contributed by atoms with Crippen molar-refractivity contribution in [1.82, 2.24) is 9.78 Å². The third kappa shape index (κ3) is 3.50. The van der Waals surface area contributed by atoms with Crippen molar-refractivity contribution < 1.29 is 4.79 Å². The number of para-hydroxylation sites is 1. The number of nitrogens with two attached hydrogens (primary N) is 1. The van der Waals surface area contributed by atoms with Crippen LogP contribution in [0.4, 0.5) is 5.69 Å². The molecule has 21 heavy (non-hydrogen) atoms. The standard InChI is InChI=1S/C16H18N4O/c1-3-14-13(11-20(2)19-14)16(21)18-15-9-5-4-7-12(15)8-6-10-17/h4-5,7,9,11H,3,10,17H2,1-2H3,(H,18,21). The Kier molecular flexibility index (Phi) is 4.75. The molecule has 0 unspecified atom stereocenters. The third-order valence-corrected chi connectivity index (χ3v) is 2.99. The lowest BCUT2D eigenvalue weighted by Crippen LogP contribution is -2.14. The lowest BCUT2D eigenvalue weighted by atomic mass is 10.1. The molecule has 2 aromatic rings. The van der Waals surface area contributed by atoms with Crippen LogP contribution < -0.4 is 11.1 Å². The fourth-order valence-electron chi connectivity index (χ4n) is 2.02. The summed E-state index contributed by atoms with van der Waals surface area (Å²) >= 11 is 0. The molecule has 0 aliphatic rings. The third-order valence-electron chi connectivity index (χ3n) is 2.99. The smallest absolute Gasteiger partial charge is 0.259 e. The van der Waals surface area contributed by atoms with Gasteiger partial charge in [-0.25, -0.2) is 0 Å². The second kappa shape index (κ2) is 6.73. The van der Waals surface area contributed by atoms with Crippen LogP contribution in [-0.2, 0) is 13.5 Å². The first-order valence-electron chi connectivity index (χ1n) is 6.77.